The molecule has 0 radical (unpaired) electrons. The van der Waals surface area contributed by atoms with Gasteiger partial charge < -0.3 is 9.47 Å². The number of hydrogen-bond acceptors (Lipinski definition) is 4. The van der Waals surface area contributed by atoms with Crippen molar-refractivity contribution in [3.8, 4) is 5.75 Å². The molecule has 0 N–H and O–H groups in total. The molecule has 18 heavy (non-hydrogen) atoms. The lowest BCUT2D eigenvalue weighted by atomic mass is 10.2. The zero-order valence-corrected chi connectivity index (χ0v) is 10.6. The molecule has 5 heteroatoms. The van der Waals surface area contributed by atoms with Gasteiger partial charge in [0.05, 0.1) is 6.61 Å². The van der Waals surface area contributed by atoms with E-state index in [0.29, 0.717) is 29.2 Å². The maximum absolute atomic E-state index is 11.2. The normalized spacial score (nSPS) is 10.3. The molecular formula is C13H13ClO4. The minimum absolute atomic E-state index is 0.183. The van der Waals surface area contributed by atoms with E-state index < -0.39 is 5.97 Å². The van der Waals surface area contributed by atoms with Crippen LogP contribution in [0.3, 0.4) is 0 Å². The number of aldehydes is 1. The van der Waals surface area contributed by atoms with Crippen molar-refractivity contribution in [2.75, 3.05) is 13.2 Å². The highest BCUT2D eigenvalue weighted by molar-refractivity contribution is 6.30. The Balaban J connectivity index is 2.77. The Bertz CT molecular complexity index is 454. The fourth-order valence-electron chi connectivity index (χ4n) is 1.26. The van der Waals surface area contributed by atoms with E-state index in [0.717, 1.165) is 0 Å². The topological polar surface area (TPSA) is 52.6 Å². The number of carbonyl (C=O) groups is 2. The summed E-state index contributed by atoms with van der Waals surface area (Å²) in [6, 6.07) is 4.91. The summed E-state index contributed by atoms with van der Waals surface area (Å²) in [5.74, 6) is 0.0170. The number of rotatable bonds is 6. The molecule has 1 aromatic rings. The average molecular weight is 269 g/mol. The van der Waals surface area contributed by atoms with Gasteiger partial charge in [-0.2, -0.15) is 0 Å². The first kappa shape index (κ1) is 14.3. The fraction of sp³-hybridized carbons (Fsp3) is 0.231. The quantitative estimate of drug-likeness (QED) is 0.452. The number of carbonyl (C=O) groups excluding carboxylic acids is 2. The Morgan fingerprint density at radius 1 is 1.44 bits per heavy atom. The van der Waals surface area contributed by atoms with Gasteiger partial charge in [-0.1, -0.05) is 11.6 Å². The van der Waals surface area contributed by atoms with Crippen LogP contribution in [-0.4, -0.2) is 25.5 Å². The Morgan fingerprint density at radius 2 is 2.22 bits per heavy atom. The molecule has 1 aromatic carbocycles. The van der Waals surface area contributed by atoms with Crippen molar-refractivity contribution in [2.24, 2.45) is 0 Å². The average Bonchev–Trinajstić information content (AvgIpc) is 2.35. The van der Waals surface area contributed by atoms with Crippen LogP contribution in [0.4, 0.5) is 0 Å². The third-order valence-corrected chi connectivity index (χ3v) is 2.21. The van der Waals surface area contributed by atoms with Crippen LogP contribution in [0.1, 0.15) is 12.5 Å². The zero-order valence-electron chi connectivity index (χ0n) is 9.89. The summed E-state index contributed by atoms with van der Waals surface area (Å²) in [5, 5.41) is 0.518. The fourth-order valence-corrected chi connectivity index (χ4v) is 1.44. The first-order chi connectivity index (χ1) is 8.67. The molecule has 0 aliphatic rings. The predicted molar refractivity (Wildman–Crippen MR) is 68.7 cm³/mol. The number of allylic oxidation sites excluding steroid dienone is 1. The van der Waals surface area contributed by atoms with Gasteiger partial charge >= 0.3 is 5.97 Å². The molecule has 0 amide bonds. The monoisotopic (exact) mass is 268 g/mol. The van der Waals surface area contributed by atoms with Crippen LogP contribution < -0.4 is 4.74 Å². The summed E-state index contributed by atoms with van der Waals surface area (Å²) in [4.78, 5) is 21.5. The highest BCUT2D eigenvalue weighted by atomic mass is 35.5. The van der Waals surface area contributed by atoms with E-state index in [1.165, 1.54) is 6.08 Å². The van der Waals surface area contributed by atoms with E-state index in [-0.39, 0.29) is 6.61 Å². The predicted octanol–water partition coefficient (Wildman–Crippen LogP) is 2.49. The molecule has 96 valence electrons. The molecule has 0 aromatic heterocycles. The van der Waals surface area contributed by atoms with Crippen LogP contribution in [0.5, 0.6) is 5.75 Å². The van der Waals surface area contributed by atoms with E-state index in [2.05, 4.69) is 0 Å². The molecular weight excluding hydrogens is 256 g/mol. The molecule has 1 rings (SSSR count). The summed E-state index contributed by atoms with van der Waals surface area (Å²) in [5.41, 5.74) is 0.624. The van der Waals surface area contributed by atoms with Crippen molar-refractivity contribution >= 4 is 29.9 Å². The molecule has 0 aliphatic heterocycles. The number of halogens is 1. The van der Waals surface area contributed by atoms with Gasteiger partial charge in [0, 0.05) is 10.6 Å². The molecule has 0 unspecified atom stereocenters. The summed E-state index contributed by atoms with van der Waals surface area (Å²) in [7, 11) is 0. The van der Waals surface area contributed by atoms with Crippen molar-refractivity contribution in [1.29, 1.82) is 0 Å². The van der Waals surface area contributed by atoms with Gasteiger partial charge in [0.15, 0.2) is 6.61 Å². The standard InChI is InChI=1S/C13H13ClO4/c1-2-17-13(16)9-18-12-6-5-11(14)8-10(12)4-3-7-15/h3-8H,2,9H2,1H3/b4-3+. The van der Waals surface area contributed by atoms with Crippen LogP contribution in [0.2, 0.25) is 5.02 Å². The van der Waals surface area contributed by atoms with Gasteiger partial charge in [-0.25, -0.2) is 4.79 Å². The molecule has 4 nitrogen and oxygen atoms in total. The summed E-state index contributed by atoms with van der Waals surface area (Å²) in [6.45, 7) is 1.84. The third kappa shape index (κ3) is 4.59. The lowest BCUT2D eigenvalue weighted by molar-refractivity contribution is -0.145. The lowest BCUT2D eigenvalue weighted by Gasteiger charge is -2.08. The minimum atomic E-state index is -0.447. The van der Waals surface area contributed by atoms with E-state index in [4.69, 9.17) is 21.1 Å². The van der Waals surface area contributed by atoms with Crippen LogP contribution in [-0.2, 0) is 14.3 Å². The Kier molecular flexibility index (Phi) is 5.94. The van der Waals surface area contributed by atoms with Gasteiger partial charge in [-0.3, -0.25) is 4.79 Å². The zero-order chi connectivity index (χ0) is 13.4. The number of esters is 1. The molecule has 0 heterocycles. The lowest BCUT2D eigenvalue weighted by Crippen LogP contribution is -2.14. The van der Waals surface area contributed by atoms with Crippen molar-refractivity contribution < 1.29 is 19.1 Å². The molecule has 0 atom stereocenters. The maximum Gasteiger partial charge on any atom is 0.344 e. The second-order valence-corrected chi connectivity index (χ2v) is 3.71. The third-order valence-electron chi connectivity index (χ3n) is 1.98. The smallest absolute Gasteiger partial charge is 0.344 e. The Morgan fingerprint density at radius 3 is 2.89 bits per heavy atom. The molecule has 0 saturated heterocycles. The van der Waals surface area contributed by atoms with E-state index in [1.54, 1.807) is 31.2 Å². The van der Waals surface area contributed by atoms with Gasteiger partial charge in [0.25, 0.3) is 0 Å². The molecule has 0 bridgehead atoms. The molecule has 0 fully saturated rings. The van der Waals surface area contributed by atoms with E-state index in [1.807, 2.05) is 0 Å². The first-order valence-corrected chi connectivity index (χ1v) is 5.75. The van der Waals surface area contributed by atoms with Crippen LogP contribution in [0, 0.1) is 0 Å². The Labute approximate surface area is 110 Å². The SMILES string of the molecule is CCOC(=O)COc1ccc(Cl)cc1/C=C/C=O. The van der Waals surface area contributed by atoms with Crippen molar-refractivity contribution in [2.45, 2.75) is 6.92 Å². The highest BCUT2D eigenvalue weighted by Crippen LogP contribution is 2.24. The van der Waals surface area contributed by atoms with E-state index in [9.17, 15) is 9.59 Å². The van der Waals surface area contributed by atoms with E-state index >= 15 is 0 Å². The maximum atomic E-state index is 11.2. The van der Waals surface area contributed by atoms with Gasteiger partial charge in [-0.05, 0) is 37.3 Å². The second-order valence-electron chi connectivity index (χ2n) is 3.27. The number of hydrogen-bond donors (Lipinski definition) is 0. The second kappa shape index (κ2) is 7.50. The van der Waals surface area contributed by atoms with Crippen molar-refractivity contribution in [1.82, 2.24) is 0 Å². The molecule has 0 spiro atoms. The van der Waals surface area contributed by atoms with Crippen LogP contribution >= 0.6 is 11.6 Å². The Hall–Kier alpha value is -1.81. The molecule has 0 saturated carbocycles. The summed E-state index contributed by atoms with van der Waals surface area (Å²) >= 11 is 5.84. The number of benzene rings is 1. The first-order valence-electron chi connectivity index (χ1n) is 5.37. The van der Waals surface area contributed by atoms with Crippen LogP contribution in [0.25, 0.3) is 6.08 Å². The van der Waals surface area contributed by atoms with Crippen molar-refractivity contribution in [3.63, 3.8) is 0 Å². The van der Waals surface area contributed by atoms with Crippen LogP contribution in [0.15, 0.2) is 24.3 Å². The largest absolute Gasteiger partial charge is 0.481 e. The van der Waals surface area contributed by atoms with Gasteiger partial charge in [0.2, 0.25) is 0 Å². The van der Waals surface area contributed by atoms with Gasteiger partial charge in [-0.15, -0.1) is 0 Å². The highest BCUT2D eigenvalue weighted by Gasteiger charge is 2.06. The van der Waals surface area contributed by atoms with Crippen molar-refractivity contribution in [3.05, 3.63) is 34.9 Å². The minimum Gasteiger partial charge on any atom is -0.481 e. The summed E-state index contributed by atoms with van der Waals surface area (Å²) < 4.78 is 10.0. The number of ether oxygens (including phenoxy) is 2. The molecule has 0 aliphatic carbocycles. The van der Waals surface area contributed by atoms with Gasteiger partial charge in [0.1, 0.15) is 12.0 Å². The summed E-state index contributed by atoms with van der Waals surface area (Å²) in [6.07, 6.45) is 3.53.